The Morgan fingerprint density at radius 3 is 2.77 bits per heavy atom. The number of benzene rings is 1. The molecule has 2 N–H and O–H groups in total. The molecule has 0 radical (unpaired) electrons. The number of hydrogen-bond donors (Lipinski definition) is 2. The normalized spacial score (nSPS) is 11.2. The van der Waals surface area contributed by atoms with Crippen molar-refractivity contribution in [1.82, 2.24) is 10.3 Å². The summed E-state index contributed by atoms with van der Waals surface area (Å²) in [5.74, 6) is -0.310. The van der Waals surface area contributed by atoms with E-state index in [1.165, 1.54) is 17.4 Å². The lowest BCUT2D eigenvalue weighted by molar-refractivity contribution is 0.0949. The van der Waals surface area contributed by atoms with Crippen molar-refractivity contribution in [3.05, 3.63) is 45.1 Å². The molecule has 0 saturated heterocycles. The Morgan fingerprint density at radius 1 is 1.36 bits per heavy atom. The number of ether oxygens (including phenoxy) is 1. The molecule has 118 valence electrons. The molecular weight excluding hydrogens is 392 g/mol. The molecule has 0 aliphatic heterocycles. The summed E-state index contributed by atoms with van der Waals surface area (Å²) in [6, 6.07) is 7.93. The highest BCUT2D eigenvalue weighted by molar-refractivity contribution is 9.10. The van der Waals surface area contributed by atoms with E-state index in [-0.39, 0.29) is 10.6 Å². The number of sulfonamides is 1. The first-order valence-corrected chi connectivity index (χ1v) is 9.37. The Morgan fingerprint density at radius 2 is 2.14 bits per heavy atom. The zero-order valence-corrected chi connectivity index (χ0v) is 14.7. The first-order chi connectivity index (χ1) is 10.4. The van der Waals surface area contributed by atoms with Crippen LogP contribution in [0.3, 0.4) is 0 Å². The Kier molecular flexibility index (Phi) is 5.57. The highest BCUT2D eigenvalue weighted by atomic mass is 79.9. The van der Waals surface area contributed by atoms with Gasteiger partial charge in [-0.05, 0) is 36.6 Å². The summed E-state index contributed by atoms with van der Waals surface area (Å²) in [6.07, 6.45) is 0. The van der Waals surface area contributed by atoms with Crippen LogP contribution in [-0.2, 0) is 10.0 Å². The minimum absolute atomic E-state index is 0.0600. The maximum atomic E-state index is 12.3. The van der Waals surface area contributed by atoms with Gasteiger partial charge in [-0.25, -0.2) is 8.42 Å². The third kappa shape index (κ3) is 4.07. The van der Waals surface area contributed by atoms with E-state index in [2.05, 4.69) is 26.2 Å². The van der Waals surface area contributed by atoms with Crippen LogP contribution in [0, 0.1) is 0 Å². The van der Waals surface area contributed by atoms with Crippen molar-refractivity contribution in [3.63, 3.8) is 0 Å². The van der Waals surface area contributed by atoms with Gasteiger partial charge in [0.15, 0.2) is 0 Å². The van der Waals surface area contributed by atoms with Crippen molar-refractivity contribution in [3.8, 4) is 5.75 Å². The molecule has 1 aromatic heterocycles. The van der Waals surface area contributed by atoms with E-state index in [0.29, 0.717) is 16.0 Å². The van der Waals surface area contributed by atoms with Gasteiger partial charge in [-0.3, -0.25) is 10.2 Å². The maximum absolute atomic E-state index is 12.3. The molecule has 22 heavy (non-hydrogen) atoms. The minimum Gasteiger partial charge on any atom is -0.492 e. The molecule has 0 fully saturated rings. The van der Waals surface area contributed by atoms with E-state index < -0.39 is 15.9 Å². The Balaban J connectivity index is 2.20. The van der Waals surface area contributed by atoms with E-state index in [4.69, 9.17) is 4.74 Å². The molecule has 1 aromatic carbocycles. The van der Waals surface area contributed by atoms with Crippen LogP contribution in [0.1, 0.15) is 16.6 Å². The molecule has 2 rings (SSSR count). The summed E-state index contributed by atoms with van der Waals surface area (Å²) in [4.78, 5) is 14.2. The number of hydrogen-bond acceptors (Lipinski definition) is 5. The Hall–Kier alpha value is -1.42. The zero-order chi connectivity index (χ0) is 16.2. The number of halogens is 1. The van der Waals surface area contributed by atoms with E-state index in [0.717, 1.165) is 0 Å². The molecule has 0 atom stereocenters. The molecule has 0 bridgehead atoms. The van der Waals surface area contributed by atoms with Gasteiger partial charge in [0.1, 0.15) is 10.6 Å². The van der Waals surface area contributed by atoms with E-state index >= 15 is 0 Å². The van der Waals surface area contributed by atoms with Crippen molar-refractivity contribution < 1.29 is 17.9 Å². The molecule has 1 heterocycles. The first-order valence-electron chi connectivity index (χ1n) is 6.22. The van der Waals surface area contributed by atoms with Crippen LogP contribution in [0.4, 0.5) is 0 Å². The fourth-order valence-electron chi connectivity index (χ4n) is 1.60. The molecule has 2 aromatic rings. The summed E-state index contributed by atoms with van der Waals surface area (Å²) in [5, 5.41) is 1.73. The van der Waals surface area contributed by atoms with Crippen LogP contribution < -0.4 is 15.0 Å². The second kappa shape index (κ2) is 7.23. The minimum atomic E-state index is -3.95. The van der Waals surface area contributed by atoms with Crippen molar-refractivity contribution >= 4 is 43.2 Å². The van der Waals surface area contributed by atoms with Gasteiger partial charge in [0.2, 0.25) is 0 Å². The fourth-order valence-corrected chi connectivity index (χ4v) is 3.75. The van der Waals surface area contributed by atoms with Crippen molar-refractivity contribution in [2.45, 2.75) is 11.8 Å². The van der Waals surface area contributed by atoms with Gasteiger partial charge in [-0.2, -0.15) is 0 Å². The van der Waals surface area contributed by atoms with Crippen LogP contribution >= 0.6 is 27.3 Å². The number of hydrazine groups is 1. The zero-order valence-electron chi connectivity index (χ0n) is 11.5. The summed E-state index contributed by atoms with van der Waals surface area (Å²) in [6.45, 7) is 2.08. The number of amides is 1. The van der Waals surface area contributed by atoms with Gasteiger partial charge in [0, 0.05) is 4.47 Å². The molecule has 1 amide bonds. The second-order valence-corrected chi connectivity index (χ2v) is 7.58. The summed E-state index contributed by atoms with van der Waals surface area (Å²) >= 11 is 4.43. The monoisotopic (exact) mass is 404 g/mol. The average molecular weight is 405 g/mol. The van der Waals surface area contributed by atoms with Gasteiger partial charge in [-0.15, -0.1) is 16.2 Å². The van der Waals surface area contributed by atoms with Gasteiger partial charge in [0.25, 0.3) is 15.9 Å². The smallest absolute Gasteiger partial charge is 0.276 e. The van der Waals surface area contributed by atoms with Crippen LogP contribution in [0.25, 0.3) is 0 Å². The predicted molar refractivity (Wildman–Crippen MR) is 87.4 cm³/mol. The van der Waals surface area contributed by atoms with Crippen molar-refractivity contribution in [1.29, 1.82) is 0 Å². The summed E-state index contributed by atoms with van der Waals surface area (Å²) < 4.78 is 30.6. The SMILES string of the molecule is CCOc1ccc(Br)cc1S(=O)(=O)NNC(=O)c1cccs1. The topological polar surface area (TPSA) is 84.5 Å². The van der Waals surface area contributed by atoms with Crippen LogP contribution in [0.15, 0.2) is 45.1 Å². The molecule has 0 spiro atoms. The third-order valence-electron chi connectivity index (χ3n) is 2.54. The standard InChI is InChI=1S/C13H13BrN2O4S2/c1-2-20-10-6-5-9(14)8-12(10)22(18,19)16-15-13(17)11-4-3-7-21-11/h3-8,16H,2H2,1H3,(H,15,17). The quantitative estimate of drug-likeness (QED) is 0.724. The van der Waals surface area contributed by atoms with Crippen LogP contribution in [0.5, 0.6) is 5.75 Å². The molecule has 0 aliphatic rings. The highest BCUT2D eigenvalue weighted by Gasteiger charge is 2.21. The Bertz CT molecular complexity index is 760. The average Bonchev–Trinajstić information content (AvgIpc) is 3.01. The Labute approximate surface area is 140 Å². The highest BCUT2D eigenvalue weighted by Crippen LogP contribution is 2.27. The third-order valence-corrected chi connectivity index (χ3v) is 5.17. The summed E-state index contributed by atoms with van der Waals surface area (Å²) in [7, 11) is -3.95. The predicted octanol–water partition coefficient (Wildman–Crippen LogP) is 2.53. The number of rotatable bonds is 6. The van der Waals surface area contributed by atoms with Crippen molar-refractivity contribution in [2.24, 2.45) is 0 Å². The first kappa shape index (κ1) is 16.9. The lowest BCUT2D eigenvalue weighted by Gasteiger charge is -2.12. The van der Waals surface area contributed by atoms with Crippen LogP contribution in [0.2, 0.25) is 0 Å². The number of carbonyl (C=O) groups excluding carboxylic acids is 1. The maximum Gasteiger partial charge on any atom is 0.276 e. The summed E-state index contributed by atoms with van der Waals surface area (Å²) in [5.41, 5.74) is 2.18. The number of carbonyl (C=O) groups is 1. The van der Waals surface area contributed by atoms with Crippen molar-refractivity contribution in [2.75, 3.05) is 6.61 Å². The van der Waals surface area contributed by atoms with Gasteiger partial charge in [0.05, 0.1) is 11.5 Å². The van der Waals surface area contributed by atoms with Gasteiger partial charge >= 0.3 is 0 Å². The largest absolute Gasteiger partial charge is 0.492 e. The second-order valence-electron chi connectivity index (χ2n) is 4.06. The lowest BCUT2D eigenvalue weighted by Crippen LogP contribution is -2.41. The lowest BCUT2D eigenvalue weighted by atomic mass is 10.3. The molecular formula is C13H13BrN2O4S2. The molecule has 6 nitrogen and oxygen atoms in total. The molecule has 0 saturated carbocycles. The van der Waals surface area contributed by atoms with Gasteiger partial charge < -0.3 is 4.74 Å². The fraction of sp³-hybridized carbons (Fsp3) is 0.154. The van der Waals surface area contributed by atoms with Gasteiger partial charge in [-0.1, -0.05) is 22.0 Å². The van der Waals surface area contributed by atoms with E-state index in [9.17, 15) is 13.2 Å². The van der Waals surface area contributed by atoms with E-state index in [1.54, 1.807) is 36.6 Å². The molecule has 0 unspecified atom stereocenters. The molecule has 0 aliphatic carbocycles. The van der Waals surface area contributed by atoms with E-state index in [1.807, 2.05) is 0 Å². The number of nitrogens with one attached hydrogen (secondary N) is 2. The molecule has 9 heteroatoms. The van der Waals surface area contributed by atoms with Crippen LogP contribution in [-0.4, -0.2) is 20.9 Å². The number of thiophene rings is 1.